The van der Waals surface area contributed by atoms with Gasteiger partial charge in [-0.2, -0.15) is 4.98 Å². The van der Waals surface area contributed by atoms with Crippen LogP contribution < -0.4 is 20.9 Å². The van der Waals surface area contributed by atoms with Crippen molar-refractivity contribution in [3.63, 3.8) is 0 Å². The second kappa shape index (κ2) is 11.5. The van der Waals surface area contributed by atoms with E-state index < -0.39 is 42.4 Å². The first-order valence-electron chi connectivity index (χ1n) is 12.7. The molecule has 4 aromatic rings. The highest BCUT2D eigenvalue weighted by Crippen LogP contribution is 2.46. The average Bonchev–Trinajstić information content (AvgIpc) is 3.30. The summed E-state index contributed by atoms with van der Waals surface area (Å²) in [7, 11) is 3.17. The summed E-state index contributed by atoms with van der Waals surface area (Å²) in [4.78, 5) is 16.7. The zero-order valence-corrected chi connectivity index (χ0v) is 22.1. The molecule has 0 amide bonds. The number of nitrogens with zero attached hydrogens (tertiary/aromatic N) is 2. The minimum atomic E-state index is -1.30. The quantitative estimate of drug-likeness (QED) is 0.271. The van der Waals surface area contributed by atoms with Gasteiger partial charge in [-0.25, -0.2) is 4.79 Å². The highest BCUT2D eigenvalue weighted by molar-refractivity contribution is 5.50. The molecule has 0 unspecified atom stereocenters. The molecule has 2 heterocycles. The molecule has 0 bridgehead atoms. The number of hydrogen-bond acceptors (Lipinski definition) is 9. The Hall–Kier alpha value is -4.22. The smallest absolute Gasteiger partial charge is 0.351 e. The Kier molecular flexibility index (Phi) is 7.85. The lowest BCUT2D eigenvalue weighted by Crippen LogP contribution is -2.45. The monoisotopic (exact) mass is 545 g/mol. The summed E-state index contributed by atoms with van der Waals surface area (Å²) >= 11 is 0. The van der Waals surface area contributed by atoms with Crippen LogP contribution in [0.15, 0.2) is 95.9 Å². The van der Waals surface area contributed by atoms with Gasteiger partial charge in [0.25, 0.3) is 0 Å². The van der Waals surface area contributed by atoms with Crippen molar-refractivity contribution in [3.05, 3.63) is 118 Å². The first-order valence-corrected chi connectivity index (χ1v) is 12.7. The molecule has 10 nitrogen and oxygen atoms in total. The van der Waals surface area contributed by atoms with Gasteiger partial charge in [0.2, 0.25) is 0 Å². The van der Waals surface area contributed by atoms with Crippen LogP contribution in [0.1, 0.15) is 22.9 Å². The van der Waals surface area contributed by atoms with Crippen LogP contribution in [0.5, 0.6) is 11.5 Å². The SMILES string of the molecule is COc1ccc(C(O[C@@H]2[C@H](O)[C@@H](CO)O[C@H]2n2ccc(N)nc2=O)(c2ccccc2)c2ccc(OC)cc2)cc1. The summed E-state index contributed by atoms with van der Waals surface area (Å²) < 4.78 is 25.0. The van der Waals surface area contributed by atoms with Gasteiger partial charge in [-0.3, -0.25) is 4.57 Å². The van der Waals surface area contributed by atoms with Gasteiger partial charge in [-0.05, 0) is 47.0 Å². The molecule has 10 heteroatoms. The number of rotatable bonds is 9. The van der Waals surface area contributed by atoms with Crippen molar-refractivity contribution >= 4 is 5.82 Å². The molecular formula is C30H31N3O7. The molecule has 0 radical (unpaired) electrons. The molecule has 0 saturated carbocycles. The molecule has 3 aromatic carbocycles. The molecule has 0 spiro atoms. The Morgan fingerprint density at radius 3 is 1.95 bits per heavy atom. The molecule has 0 aliphatic carbocycles. The van der Waals surface area contributed by atoms with Crippen LogP contribution in [-0.2, 0) is 15.1 Å². The Morgan fingerprint density at radius 2 is 1.45 bits per heavy atom. The van der Waals surface area contributed by atoms with E-state index in [2.05, 4.69) is 4.98 Å². The van der Waals surface area contributed by atoms with Gasteiger partial charge in [-0.15, -0.1) is 0 Å². The maximum Gasteiger partial charge on any atom is 0.351 e. The largest absolute Gasteiger partial charge is 0.497 e. The van der Waals surface area contributed by atoms with E-state index in [4.69, 9.17) is 24.7 Å². The van der Waals surface area contributed by atoms with Gasteiger partial charge in [0.15, 0.2) is 6.23 Å². The van der Waals surface area contributed by atoms with Crippen molar-refractivity contribution in [2.75, 3.05) is 26.6 Å². The van der Waals surface area contributed by atoms with Gasteiger partial charge in [-0.1, -0.05) is 54.6 Å². The molecule has 1 aliphatic heterocycles. The summed E-state index contributed by atoms with van der Waals surface area (Å²) in [6, 6.07) is 25.8. The standard InChI is InChI=1S/C30H31N3O7/c1-37-22-12-8-20(9-13-22)30(19-6-4-3-5-7-19,21-10-14-23(38-2)15-11-21)40-27-26(35)24(18-34)39-28(27)33-17-16-25(31)32-29(33)36/h3-17,24,26-28,34-35H,18H2,1-2H3,(H2,31,32,36)/t24-,26-,27-,28-/m1/s1. The zero-order valence-electron chi connectivity index (χ0n) is 22.1. The molecule has 4 N–H and O–H groups in total. The lowest BCUT2D eigenvalue weighted by Gasteiger charge is -2.40. The highest BCUT2D eigenvalue weighted by atomic mass is 16.6. The fraction of sp³-hybridized carbons (Fsp3) is 0.267. The minimum absolute atomic E-state index is 0.0473. The number of aliphatic hydroxyl groups excluding tert-OH is 2. The highest BCUT2D eigenvalue weighted by Gasteiger charge is 2.51. The summed E-state index contributed by atoms with van der Waals surface area (Å²) in [5, 5.41) is 21.4. The summed E-state index contributed by atoms with van der Waals surface area (Å²) in [6.07, 6.45) is -3.11. The third-order valence-electron chi connectivity index (χ3n) is 7.10. The van der Waals surface area contributed by atoms with Gasteiger partial charge in [0.05, 0.1) is 20.8 Å². The molecule has 4 atom stereocenters. The number of aromatic nitrogens is 2. The van der Waals surface area contributed by atoms with Crippen LogP contribution in [0.3, 0.4) is 0 Å². The molecule has 40 heavy (non-hydrogen) atoms. The molecule has 1 aliphatic rings. The molecular weight excluding hydrogens is 514 g/mol. The minimum Gasteiger partial charge on any atom is -0.497 e. The van der Waals surface area contributed by atoms with E-state index in [1.165, 1.54) is 16.8 Å². The van der Waals surface area contributed by atoms with E-state index >= 15 is 0 Å². The van der Waals surface area contributed by atoms with Crippen molar-refractivity contribution in [2.45, 2.75) is 30.1 Å². The van der Waals surface area contributed by atoms with Crippen molar-refractivity contribution in [2.24, 2.45) is 0 Å². The average molecular weight is 546 g/mol. The van der Waals surface area contributed by atoms with Crippen LogP contribution in [-0.4, -0.2) is 58.9 Å². The van der Waals surface area contributed by atoms with E-state index in [1.54, 1.807) is 14.2 Å². The van der Waals surface area contributed by atoms with Crippen molar-refractivity contribution in [1.29, 1.82) is 0 Å². The number of hydrogen-bond donors (Lipinski definition) is 3. The van der Waals surface area contributed by atoms with Crippen LogP contribution in [0.2, 0.25) is 0 Å². The van der Waals surface area contributed by atoms with Crippen LogP contribution in [0, 0.1) is 0 Å². The van der Waals surface area contributed by atoms with Crippen molar-refractivity contribution < 1.29 is 29.2 Å². The van der Waals surface area contributed by atoms with Crippen molar-refractivity contribution in [3.8, 4) is 11.5 Å². The second-order valence-electron chi connectivity index (χ2n) is 9.37. The number of aliphatic hydroxyl groups is 2. The molecule has 1 aromatic heterocycles. The lowest BCUT2D eigenvalue weighted by molar-refractivity contribution is -0.124. The molecule has 1 saturated heterocycles. The number of ether oxygens (including phenoxy) is 4. The van der Waals surface area contributed by atoms with Gasteiger partial charge in [0, 0.05) is 6.20 Å². The fourth-order valence-corrected chi connectivity index (χ4v) is 5.07. The zero-order chi connectivity index (χ0) is 28.3. The van der Waals surface area contributed by atoms with Gasteiger partial charge < -0.3 is 34.9 Å². The van der Waals surface area contributed by atoms with Crippen LogP contribution in [0.4, 0.5) is 5.82 Å². The normalized spacial score (nSPS) is 20.8. The summed E-state index contributed by atoms with van der Waals surface area (Å²) in [6.45, 7) is -0.488. The first-order chi connectivity index (χ1) is 19.4. The van der Waals surface area contributed by atoms with E-state index in [0.717, 1.165) is 16.7 Å². The lowest BCUT2D eigenvalue weighted by atomic mass is 9.79. The predicted molar refractivity (Wildman–Crippen MR) is 147 cm³/mol. The molecule has 208 valence electrons. The fourth-order valence-electron chi connectivity index (χ4n) is 5.07. The van der Waals surface area contributed by atoms with Gasteiger partial charge >= 0.3 is 5.69 Å². The molecule has 5 rings (SSSR count). The number of nitrogen functional groups attached to an aromatic ring is 1. The maximum absolute atomic E-state index is 12.9. The number of methoxy groups -OCH3 is 2. The second-order valence-corrected chi connectivity index (χ2v) is 9.37. The predicted octanol–water partition coefficient (Wildman–Crippen LogP) is 2.47. The Bertz CT molecular complexity index is 1430. The van der Waals surface area contributed by atoms with E-state index in [1.807, 2.05) is 78.9 Å². The first kappa shape index (κ1) is 27.4. The van der Waals surface area contributed by atoms with Gasteiger partial charge in [0.1, 0.15) is 41.2 Å². The Morgan fingerprint density at radius 1 is 0.900 bits per heavy atom. The van der Waals surface area contributed by atoms with E-state index in [-0.39, 0.29) is 5.82 Å². The number of anilines is 1. The summed E-state index contributed by atoms with van der Waals surface area (Å²) in [5.41, 5.74) is 5.94. The van der Waals surface area contributed by atoms with Crippen LogP contribution in [0.25, 0.3) is 0 Å². The third-order valence-corrected chi connectivity index (χ3v) is 7.10. The summed E-state index contributed by atoms with van der Waals surface area (Å²) in [5.74, 6) is 1.36. The number of nitrogens with two attached hydrogens (primary N) is 1. The van der Waals surface area contributed by atoms with Crippen LogP contribution >= 0.6 is 0 Å². The number of benzene rings is 3. The molecule has 1 fully saturated rings. The Labute approximate surface area is 231 Å². The Balaban J connectivity index is 1.74. The maximum atomic E-state index is 12.9. The van der Waals surface area contributed by atoms with E-state index in [0.29, 0.717) is 11.5 Å². The van der Waals surface area contributed by atoms with E-state index in [9.17, 15) is 15.0 Å². The third kappa shape index (κ3) is 4.93. The van der Waals surface area contributed by atoms with Crippen molar-refractivity contribution in [1.82, 2.24) is 9.55 Å². The topological polar surface area (TPSA) is 138 Å².